The average Bonchev–Trinajstić information content (AvgIpc) is 3.18. The SMILES string of the molecule is Cc1cccc(NC(=O)CSc2nc(-c3ccccc3)c(-c3ccccc3)s2)c1. The molecule has 0 radical (unpaired) electrons. The Morgan fingerprint density at radius 2 is 1.62 bits per heavy atom. The monoisotopic (exact) mass is 416 g/mol. The standard InChI is InChI=1S/C24H20N2OS2/c1-17-9-8-14-20(15-17)25-21(27)16-28-24-26-22(18-10-4-2-5-11-18)23(29-24)19-12-6-3-7-13-19/h2-15H,16H2,1H3,(H,25,27). The van der Waals surface area contributed by atoms with E-state index in [9.17, 15) is 4.79 Å². The van der Waals surface area contributed by atoms with Crippen molar-refractivity contribution < 1.29 is 4.79 Å². The highest BCUT2D eigenvalue weighted by molar-refractivity contribution is 8.01. The zero-order chi connectivity index (χ0) is 20.1. The van der Waals surface area contributed by atoms with Crippen molar-refractivity contribution in [2.45, 2.75) is 11.3 Å². The predicted octanol–water partition coefficient (Wildman–Crippen LogP) is 6.52. The predicted molar refractivity (Wildman–Crippen MR) is 124 cm³/mol. The molecule has 144 valence electrons. The van der Waals surface area contributed by atoms with Crippen LogP contribution in [0.5, 0.6) is 0 Å². The van der Waals surface area contributed by atoms with E-state index in [0.29, 0.717) is 5.75 Å². The maximum atomic E-state index is 12.4. The second-order valence-corrected chi connectivity index (χ2v) is 8.82. The van der Waals surface area contributed by atoms with Gasteiger partial charge in [-0.05, 0) is 30.2 Å². The van der Waals surface area contributed by atoms with Crippen LogP contribution in [0.2, 0.25) is 0 Å². The number of benzene rings is 3. The van der Waals surface area contributed by atoms with Crippen LogP contribution in [0.4, 0.5) is 5.69 Å². The number of rotatable bonds is 6. The van der Waals surface area contributed by atoms with Crippen LogP contribution in [0, 0.1) is 6.92 Å². The number of carbonyl (C=O) groups is 1. The first-order valence-corrected chi connectivity index (χ1v) is 11.1. The molecule has 1 heterocycles. The summed E-state index contributed by atoms with van der Waals surface area (Å²) in [5.41, 5.74) is 5.13. The number of nitrogens with zero attached hydrogens (tertiary/aromatic N) is 1. The smallest absolute Gasteiger partial charge is 0.234 e. The molecule has 0 atom stereocenters. The average molecular weight is 417 g/mol. The summed E-state index contributed by atoms with van der Waals surface area (Å²) < 4.78 is 0.891. The van der Waals surface area contributed by atoms with Gasteiger partial charge in [-0.25, -0.2) is 4.98 Å². The first kappa shape index (κ1) is 19.4. The van der Waals surface area contributed by atoms with Crippen LogP contribution < -0.4 is 5.32 Å². The summed E-state index contributed by atoms with van der Waals surface area (Å²) in [7, 11) is 0. The molecule has 1 N–H and O–H groups in total. The van der Waals surface area contributed by atoms with Gasteiger partial charge in [0.1, 0.15) is 0 Å². The zero-order valence-corrected chi connectivity index (χ0v) is 17.6. The normalized spacial score (nSPS) is 10.7. The van der Waals surface area contributed by atoms with Crippen molar-refractivity contribution in [3.63, 3.8) is 0 Å². The van der Waals surface area contributed by atoms with Crippen LogP contribution >= 0.6 is 23.1 Å². The van der Waals surface area contributed by atoms with Crippen molar-refractivity contribution in [3.05, 3.63) is 90.5 Å². The van der Waals surface area contributed by atoms with Gasteiger partial charge in [0.25, 0.3) is 0 Å². The third-order valence-corrected chi connectivity index (χ3v) is 6.57. The summed E-state index contributed by atoms with van der Waals surface area (Å²) >= 11 is 3.10. The van der Waals surface area contributed by atoms with Gasteiger partial charge in [-0.1, -0.05) is 84.6 Å². The number of aromatic nitrogens is 1. The lowest BCUT2D eigenvalue weighted by atomic mass is 10.1. The third kappa shape index (κ3) is 4.94. The van der Waals surface area contributed by atoms with E-state index in [2.05, 4.69) is 29.6 Å². The number of hydrogen-bond acceptors (Lipinski definition) is 4. The van der Waals surface area contributed by atoms with Gasteiger partial charge in [-0.15, -0.1) is 11.3 Å². The van der Waals surface area contributed by atoms with Crippen LogP contribution in [0.3, 0.4) is 0 Å². The van der Waals surface area contributed by atoms with E-state index in [0.717, 1.165) is 37.3 Å². The van der Waals surface area contributed by atoms with E-state index >= 15 is 0 Å². The highest BCUT2D eigenvalue weighted by Crippen LogP contribution is 2.40. The molecule has 0 aliphatic rings. The lowest BCUT2D eigenvalue weighted by Crippen LogP contribution is -2.13. The fourth-order valence-corrected chi connectivity index (χ4v) is 4.96. The maximum absolute atomic E-state index is 12.4. The second-order valence-electron chi connectivity index (χ2n) is 6.60. The lowest BCUT2D eigenvalue weighted by molar-refractivity contribution is -0.113. The minimum Gasteiger partial charge on any atom is -0.325 e. The summed E-state index contributed by atoms with van der Waals surface area (Å²) in [4.78, 5) is 18.3. The molecule has 0 spiro atoms. The molecule has 29 heavy (non-hydrogen) atoms. The maximum Gasteiger partial charge on any atom is 0.234 e. The Kier molecular flexibility index (Phi) is 6.08. The number of aryl methyl sites for hydroxylation is 1. The van der Waals surface area contributed by atoms with Gasteiger partial charge in [0.15, 0.2) is 4.34 Å². The van der Waals surface area contributed by atoms with Crippen molar-refractivity contribution in [2.24, 2.45) is 0 Å². The Labute approximate surface area is 178 Å². The number of carbonyl (C=O) groups excluding carboxylic acids is 1. The molecule has 0 aliphatic heterocycles. The lowest BCUT2D eigenvalue weighted by Gasteiger charge is -2.04. The topological polar surface area (TPSA) is 42.0 Å². The molecule has 0 fully saturated rings. The largest absolute Gasteiger partial charge is 0.325 e. The molecule has 1 amide bonds. The van der Waals surface area contributed by atoms with E-state index in [1.165, 1.54) is 11.8 Å². The van der Waals surface area contributed by atoms with Crippen molar-refractivity contribution in [1.82, 2.24) is 4.98 Å². The summed E-state index contributed by atoms with van der Waals surface area (Å²) in [5, 5.41) is 2.95. The Balaban J connectivity index is 1.53. The molecule has 0 bridgehead atoms. The van der Waals surface area contributed by atoms with Gasteiger partial charge >= 0.3 is 0 Å². The van der Waals surface area contributed by atoms with Gasteiger partial charge in [0.2, 0.25) is 5.91 Å². The van der Waals surface area contributed by atoms with Gasteiger partial charge in [0.05, 0.1) is 16.3 Å². The third-order valence-electron chi connectivity index (χ3n) is 4.32. The molecular weight excluding hydrogens is 396 g/mol. The van der Waals surface area contributed by atoms with Gasteiger partial charge in [0, 0.05) is 11.3 Å². The minimum atomic E-state index is -0.0293. The van der Waals surface area contributed by atoms with E-state index in [4.69, 9.17) is 4.98 Å². The molecule has 0 saturated carbocycles. The zero-order valence-electron chi connectivity index (χ0n) is 16.0. The Morgan fingerprint density at radius 3 is 2.31 bits per heavy atom. The first-order valence-electron chi connectivity index (χ1n) is 9.30. The van der Waals surface area contributed by atoms with Gasteiger partial charge in [-0.2, -0.15) is 0 Å². The molecule has 0 unspecified atom stereocenters. The molecule has 3 nitrogen and oxygen atoms in total. The summed E-state index contributed by atoms with van der Waals surface area (Å²) in [5.74, 6) is 0.294. The van der Waals surface area contributed by atoms with E-state index < -0.39 is 0 Å². The van der Waals surface area contributed by atoms with Crippen molar-refractivity contribution in [1.29, 1.82) is 0 Å². The fraction of sp³-hybridized carbons (Fsp3) is 0.0833. The van der Waals surface area contributed by atoms with E-state index in [1.54, 1.807) is 11.3 Å². The van der Waals surface area contributed by atoms with E-state index in [1.807, 2.05) is 67.6 Å². The van der Waals surface area contributed by atoms with Crippen LogP contribution in [0.15, 0.2) is 89.3 Å². The Hall–Kier alpha value is -2.89. The highest BCUT2D eigenvalue weighted by Gasteiger charge is 2.16. The van der Waals surface area contributed by atoms with Crippen molar-refractivity contribution in [3.8, 4) is 21.7 Å². The van der Waals surface area contributed by atoms with Crippen LogP contribution in [0.25, 0.3) is 21.7 Å². The number of thiazole rings is 1. The quantitative estimate of drug-likeness (QED) is 0.364. The Bertz CT molecular complexity index is 1050. The Morgan fingerprint density at radius 1 is 0.931 bits per heavy atom. The molecule has 0 aliphatic carbocycles. The van der Waals surface area contributed by atoms with Crippen molar-refractivity contribution in [2.75, 3.05) is 11.1 Å². The number of hydrogen-bond donors (Lipinski definition) is 1. The minimum absolute atomic E-state index is 0.0293. The number of nitrogens with one attached hydrogen (secondary N) is 1. The van der Waals surface area contributed by atoms with E-state index in [-0.39, 0.29) is 5.91 Å². The number of thioether (sulfide) groups is 1. The summed E-state index contributed by atoms with van der Waals surface area (Å²) in [6.07, 6.45) is 0. The molecular formula is C24H20N2OS2. The molecule has 3 aromatic carbocycles. The van der Waals surface area contributed by atoms with Crippen LogP contribution in [-0.2, 0) is 4.79 Å². The van der Waals surface area contributed by atoms with Crippen molar-refractivity contribution >= 4 is 34.7 Å². The fourth-order valence-electron chi connectivity index (χ4n) is 2.99. The molecule has 1 aromatic heterocycles. The second kappa shape index (κ2) is 9.07. The summed E-state index contributed by atoms with van der Waals surface area (Å²) in [6, 6.07) is 28.3. The van der Waals surface area contributed by atoms with Gasteiger partial charge < -0.3 is 5.32 Å². The van der Waals surface area contributed by atoms with Crippen LogP contribution in [0.1, 0.15) is 5.56 Å². The highest BCUT2D eigenvalue weighted by atomic mass is 32.2. The molecule has 4 rings (SSSR count). The molecule has 0 saturated heterocycles. The number of anilines is 1. The summed E-state index contributed by atoms with van der Waals surface area (Å²) in [6.45, 7) is 2.01. The molecule has 4 aromatic rings. The first-order chi connectivity index (χ1) is 14.2. The molecule has 5 heteroatoms. The number of amides is 1. The van der Waals surface area contributed by atoms with Gasteiger partial charge in [-0.3, -0.25) is 4.79 Å². The van der Waals surface area contributed by atoms with Crippen LogP contribution in [-0.4, -0.2) is 16.6 Å².